The zero-order valence-electron chi connectivity index (χ0n) is 16.7. The molecule has 2 N–H and O–H groups in total. The van der Waals surface area contributed by atoms with Crippen molar-refractivity contribution in [2.24, 2.45) is 5.92 Å². The predicted octanol–water partition coefficient (Wildman–Crippen LogP) is 3.39. The van der Waals surface area contributed by atoms with Gasteiger partial charge in [0.15, 0.2) is 0 Å². The lowest BCUT2D eigenvalue weighted by Gasteiger charge is -2.32. The van der Waals surface area contributed by atoms with Crippen LogP contribution in [0, 0.1) is 5.92 Å². The summed E-state index contributed by atoms with van der Waals surface area (Å²) in [6, 6.07) is 0. The van der Waals surface area contributed by atoms with Crippen LogP contribution in [-0.2, 0) is 14.3 Å². The molecule has 0 aromatic carbocycles. The van der Waals surface area contributed by atoms with Crippen LogP contribution in [0.1, 0.15) is 73.6 Å². The Bertz CT molecular complexity index is 437. The van der Waals surface area contributed by atoms with E-state index in [9.17, 15) is 9.59 Å². The van der Waals surface area contributed by atoms with Crippen LogP contribution in [0.5, 0.6) is 0 Å². The second kappa shape index (κ2) is 9.41. The van der Waals surface area contributed by atoms with Crippen LogP contribution < -0.4 is 10.6 Å². The van der Waals surface area contributed by atoms with Crippen molar-refractivity contribution in [2.75, 3.05) is 13.2 Å². The molecule has 0 aliphatic heterocycles. The third-order valence-corrected chi connectivity index (χ3v) is 4.35. The smallest absolute Gasteiger partial charge is 0.407 e. The van der Waals surface area contributed by atoms with Gasteiger partial charge in [0, 0.05) is 13.2 Å². The molecular weight excluding hydrogens is 320 g/mol. The molecule has 0 aromatic heterocycles. The van der Waals surface area contributed by atoms with Gasteiger partial charge in [-0.25, -0.2) is 4.79 Å². The fourth-order valence-corrected chi connectivity index (χ4v) is 2.87. The maximum absolute atomic E-state index is 12.5. The molecule has 25 heavy (non-hydrogen) atoms. The normalized spacial score (nSPS) is 18.0. The van der Waals surface area contributed by atoms with Gasteiger partial charge in [-0.15, -0.1) is 0 Å². The second-order valence-electron chi connectivity index (χ2n) is 8.53. The van der Waals surface area contributed by atoms with Gasteiger partial charge in [0.2, 0.25) is 5.91 Å². The SMILES string of the molecule is CC(C)CCOC(C)C(=O)NC1(CNC(=O)OC(C)(C)C)CCCC1. The Morgan fingerprint density at radius 2 is 1.72 bits per heavy atom. The average molecular weight is 357 g/mol. The fraction of sp³-hybridized carbons (Fsp3) is 0.895. The zero-order valence-corrected chi connectivity index (χ0v) is 16.7. The standard InChI is InChI=1S/C19H36N2O4/c1-14(2)9-12-24-15(3)16(22)21-19(10-7-8-11-19)13-20-17(23)25-18(4,5)6/h14-15H,7-13H2,1-6H3,(H,20,23)(H,21,22). The first-order valence-corrected chi connectivity index (χ1v) is 9.43. The summed E-state index contributed by atoms with van der Waals surface area (Å²) in [7, 11) is 0. The topological polar surface area (TPSA) is 76.7 Å². The van der Waals surface area contributed by atoms with Crippen molar-refractivity contribution >= 4 is 12.0 Å². The van der Waals surface area contributed by atoms with Gasteiger partial charge in [-0.3, -0.25) is 4.79 Å². The predicted molar refractivity (Wildman–Crippen MR) is 98.4 cm³/mol. The van der Waals surface area contributed by atoms with Crippen LogP contribution in [0.3, 0.4) is 0 Å². The number of alkyl carbamates (subject to hydrolysis) is 1. The van der Waals surface area contributed by atoms with Gasteiger partial charge in [0.25, 0.3) is 0 Å². The molecule has 6 nitrogen and oxygen atoms in total. The molecule has 0 radical (unpaired) electrons. The number of amides is 2. The number of hydrogen-bond donors (Lipinski definition) is 2. The lowest BCUT2D eigenvalue weighted by molar-refractivity contribution is -0.134. The lowest BCUT2D eigenvalue weighted by atomic mass is 9.97. The third-order valence-electron chi connectivity index (χ3n) is 4.35. The van der Waals surface area contributed by atoms with Crippen molar-refractivity contribution in [1.82, 2.24) is 10.6 Å². The maximum atomic E-state index is 12.5. The van der Waals surface area contributed by atoms with Gasteiger partial charge in [-0.1, -0.05) is 26.7 Å². The monoisotopic (exact) mass is 356 g/mol. The number of carbonyl (C=O) groups is 2. The van der Waals surface area contributed by atoms with Crippen LogP contribution in [0.25, 0.3) is 0 Å². The Kier molecular flexibility index (Phi) is 8.19. The molecule has 1 saturated carbocycles. The molecule has 0 saturated heterocycles. The quantitative estimate of drug-likeness (QED) is 0.699. The molecule has 0 spiro atoms. The molecule has 1 rings (SSSR count). The fourth-order valence-electron chi connectivity index (χ4n) is 2.87. The summed E-state index contributed by atoms with van der Waals surface area (Å²) in [5.74, 6) is 0.436. The third kappa shape index (κ3) is 8.56. The van der Waals surface area contributed by atoms with Crippen LogP contribution in [0.2, 0.25) is 0 Å². The van der Waals surface area contributed by atoms with Gasteiger partial charge in [-0.2, -0.15) is 0 Å². The molecular formula is C19H36N2O4. The first kappa shape index (κ1) is 21.7. The highest BCUT2D eigenvalue weighted by molar-refractivity contribution is 5.81. The first-order valence-electron chi connectivity index (χ1n) is 9.43. The molecule has 0 heterocycles. The van der Waals surface area contributed by atoms with E-state index in [1.165, 1.54) is 0 Å². The number of carbonyl (C=O) groups excluding carboxylic acids is 2. The number of nitrogens with one attached hydrogen (secondary N) is 2. The Balaban J connectivity index is 2.51. The summed E-state index contributed by atoms with van der Waals surface area (Å²) < 4.78 is 10.9. The van der Waals surface area contributed by atoms with Crippen LogP contribution in [0.4, 0.5) is 4.79 Å². The van der Waals surface area contributed by atoms with E-state index in [-0.39, 0.29) is 5.91 Å². The van der Waals surface area contributed by atoms with Crippen molar-refractivity contribution < 1.29 is 19.1 Å². The van der Waals surface area contributed by atoms with E-state index in [0.717, 1.165) is 32.1 Å². The Morgan fingerprint density at radius 1 is 1.12 bits per heavy atom. The largest absolute Gasteiger partial charge is 0.444 e. The van der Waals surface area contributed by atoms with Crippen molar-refractivity contribution in [3.63, 3.8) is 0 Å². The molecule has 2 amide bonds. The van der Waals surface area contributed by atoms with Crippen molar-refractivity contribution in [2.45, 2.75) is 90.9 Å². The van der Waals surface area contributed by atoms with Crippen molar-refractivity contribution in [3.8, 4) is 0 Å². The maximum Gasteiger partial charge on any atom is 0.407 e. The highest BCUT2D eigenvalue weighted by Gasteiger charge is 2.37. The molecule has 1 unspecified atom stereocenters. The summed E-state index contributed by atoms with van der Waals surface area (Å²) in [6.07, 6.45) is 3.79. The summed E-state index contributed by atoms with van der Waals surface area (Å²) in [5.41, 5.74) is -0.932. The van der Waals surface area contributed by atoms with E-state index in [4.69, 9.17) is 9.47 Å². The second-order valence-corrected chi connectivity index (χ2v) is 8.53. The number of hydrogen-bond acceptors (Lipinski definition) is 4. The number of ether oxygens (including phenoxy) is 2. The van der Waals surface area contributed by atoms with E-state index >= 15 is 0 Å². The van der Waals surface area contributed by atoms with E-state index < -0.39 is 23.3 Å². The Morgan fingerprint density at radius 3 is 2.24 bits per heavy atom. The molecule has 1 aliphatic carbocycles. The molecule has 1 atom stereocenters. The van der Waals surface area contributed by atoms with E-state index in [1.54, 1.807) is 6.92 Å². The molecule has 0 aromatic rings. The summed E-state index contributed by atoms with van der Waals surface area (Å²) in [4.78, 5) is 24.4. The van der Waals surface area contributed by atoms with Crippen LogP contribution in [0.15, 0.2) is 0 Å². The van der Waals surface area contributed by atoms with Gasteiger partial charge in [-0.05, 0) is 52.9 Å². The highest BCUT2D eigenvalue weighted by Crippen LogP contribution is 2.29. The van der Waals surface area contributed by atoms with E-state index in [1.807, 2.05) is 20.8 Å². The van der Waals surface area contributed by atoms with Crippen molar-refractivity contribution in [1.29, 1.82) is 0 Å². The minimum absolute atomic E-state index is 0.114. The number of rotatable bonds is 8. The highest BCUT2D eigenvalue weighted by atomic mass is 16.6. The van der Waals surface area contributed by atoms with Gasteiger partial charge in [0.1, 0.15) is 11.7 Å². The van der Waals surface area contributed by atoms with Gasteiger partial charge >= 0.3 is 6.09 Å². The van der Waals surface area contributed by atoms with Crippen LogP contribution in [-0.4, -0.2) is 42.4 Å². The first-order chi connectivity index (χ1) is 11.5. The molecule has 6 heteroatoms. The molecule has 146 valence electrons. The van der Waals surface area contributed by atoms with Gasteiger partial charge in [0.05, 0.1) is 5.54 Å². The molecule has 1 fully saturated rings. The van der Waals surface area contributed by atoms with Crippen LogP contribution >= 0.6 is 0 Å². The minimum atomic E-state index is -0.533. The van der Waals surface area contributed by atoms with E-state index in [0.29, 0.717) is 19.1 Å². The molecule has 0 bridgehead atoms. The lowest BCUT2D eigenvalue weighted by Crippen LogP contribution is -2.56. The summed E-state index contributed by atoms with van der Waals surface area (Å²) >= 11 is 0. The summed E-state index contributed by atoms with van der Waals surface area (Å²) in [5, 5.41) is 5.92. The minimum Gasteiger partial charge on any atom is -0.444 e. The molecule has 1 aliphatic rings. The Hall–Kier alpha value is -1.30. The summed E-state index contributed by atoms with van der Waals surface area (Å²) in [6.45, 7) is 12.5. The van der Waals surface area contributed by atoms with E-state index in [2.05, 4.69) is 24.5 Å². The Labute approximate surface area is 152 Å². The van der Waals surface area contributed by atoms with Gasteiger partial charge < -0.3 is 20.1 Å². The average Bonchev–Trinajstić information content (AvgIpc) is 2.92. The zero-order chi connectivity index (χ0) is 19.1. The van der Waals surface area contributed by atoms with Crippen molar-refractivity contribution in [3.05, 3.63) is 0 Å².